The molecule has 2 fully saturated rings. The Morgan fingerprint density at radius 3 is 2.92 bits per heavy atom. The van der Waals surface area contributed by atoms with E-state index in [1.165, 1.54) is 12.4 Å². The molecule has 2 aromatic rings. The van der Waals surface area contributed by atoms with Gasteiger partial charge >= 0.3 is 0 Å². The van der Waals surface area contributed by atoms with E-state index in [9.17, 15) is 9.18 Å². The van der Waals surface area contributed by atoms with Crippen LogP contribution in [0.25, 0.3) is 0 Å². The first-order valence-corrected chi connectivity index (χ1v) is 8.74. The van der Waals surface area contributed by atoms with Gasteiger partial charge < -0.3 is 15.0 Å². The summed E-state index contributed by atoms with van der Waals surface area (Å²) in [5.74, 6) is 0.0384. The van der Waals surface area contributed by atoms with Crippen molar-refractivity contribution >= 4 is 17.5 Å². The van der Waals surface area contributed by atoms with Crippen molar-refractivity contribution < 1.29 is 13.9 Å². The number of nitrogens with one attached hydrogen (secondary N) is 1. The van der Waals surface area contributed by atoms with Crippen molar-refractivity contribution in [2.24, 2.45) is 11.8 Å². The maximum Gasteiger partial charge on any atom is 0.229 e. The summed E-state index contributed by atoms with van der Waals surface area (Å²) in [7, 11) is 0. The minimum Gasteiger partial charge on any atom is -0.377 e. The van der Waals surface area contributed by atoms with Crippen LogP contribution in [0.2, 0.25) is 0 Å². The fraction of sp³-hybridized carbons (Fsp3) is 0.444. The topological polar surface area (TPSA) is 80.2 Å². The van der Waals surface area contributed by atoms with E-state index in [0.29, 0.717) is 24.8 Å². The third-order valence-corrected chi connectivity index (χ3v) is 4.95. The molecule has 8 heteroatoms. The maximum atomic E-state index is 13.0. The SMILES string of the molecule is O=C(Nc1cccnc1)[C@@H]1CO[C@@H]2CCN(c3ncc(F)cn3)C[C@@H]2C1. The molecule has 0 radical (unpaired) electrons. The molecule has 2 saturated heterocycles. The summed E-state index contributed by atoms with van der Waals surface area (Å²) < 4.78 is 19.0. The summed E-state index contributed by atoms with van der Waals surface area (Å²) in [5.41, 5.74) is 0.685. The van der Waals surface area contributed by atoms with E-state index < -0.39 is 5.82 Å². The first-order chi connectivity index (χ1) is 12.7. The number of pyridine rings is 1. The Hall–Kier alpha value is -2.61. The summed E-state index contributed by atoms with van der Waals surface area (Å²) in [4.78, 5) is 26.7. The Morgan fingerprint density at radius 2 is 2.15 bits per heavy atom. The molecule has 7 nitrogen and oxygen atoms in total. The molecule has 0 unspecified atom stereocenters. The van der Waals surface area contributed by atoms with Gasteiger partial charge in [0.2, 0.25) is 11.9 Å². The molecule has 1 N–H and O–H groups in total. The van der Waals surface area contributed by atoms with Gasteiger partial charge in [0.05, 0.1) is 42.9 Å². The molecule has 3 atom stereocenters. The summed E-state index contributed by atoms with van der Waals surface area (Å²) >= 11 is 0. The number of nitrogens with zero attached hydrogens (tertiary/aromatic N) is 4. The summed E-state index contributed by atoms with van der Waals surface area (Å²) in [5, 5.41) is 2.89. The number of carbonyl (C=O) groups is 1. The standard InChI is InChI=1S/C18H20FN5O2/c19-14-7-21-18(22-8-14)24-5-3-16-12(10-24)6-13(11-26-16)17(25)23-15-2-1-4-20-9-15/h1-2,4,7-9,12-13,16H,3,5-6,10-11H2,(H,23,25)/t12-,13-,16+/m0/s1. The van der Waals surface area contributed by atoms with Crippen molar-refractivity contribution in [1.82, 2.24) is 15.0 Å². The van der Waals surface area contributed by atoms with Crippen molar-refractivity contribution in [2.45, 2.75) is 18.9 Å². The third kappa shape index (κ3) is 3.65. The van der Waals surface area contributed by atoms with E-state index in [-0.39, 0.29) is 23.8 Å². The van der Waals surface area contributed by atoms with Crippen LogP contribution >= 0.6 is 0 Å². The predicted molar refractivity (Wildman–Crippen MR) is 93.0 cm³/mol. The number of hydrogen-bond donors (Lipinski definition) is 1. The molecule has 0 aliphatic carbocycles. The number of halogens is 1. The van der Waals surface area contributed by atoms with E-state index in [4.69, 9.17) is 4.74 Å². The molecule has 4 heterocycles. The Labute approximate surface area is 150 Å². The first kappa shape index (κ1) is 16.8. The van der Waals surface area contributed by atoms with Crippen LogP contribution in [0.15, 0.2) is 36.9 Å². The molecule has 2 aromatic heterocycles. The number of amides is 1. The largest absolute Gasteiger partial charge is 0.377 e. The number of ether oxygens (including phenoxy) is 1. The maximum absolute atomic E-state index is 13.0. The van der Waals surface area contributed by atoms with Gasteiger partial charge in [-0.2, -0.15) is 0 Å². The number of piperidine rings is 1. The normalized spacial score (nSPS) is 25.4. The fourth-order valence-electron chi connectivity index (χ4n) is 3.64. The number of anilines is 2. The molecule has 0 aromatic carbocycles. The number of fused-ring (bicyclic) bond motifs is 1. The number of hydrogen-bond acceptors (Lipinski definition) is 6. The quantitative estimate of drug-likeness (QED) is 0.903. The van der Waals surface area contributed by atoms with Gasteiger partial charge in [-0.1, -0.05) is 0 Å². The van der Waals surface area contributed by atoms with Gasteiger partial charge in [0.15, 0.2) is 5.82 Å². The monoisotopic (exact) mass is 357 g/mol. The number of aromatic nitrogens is 3. The van der Waals surface area contributed by atoms with Crippen LogP contribution in [0.4, 0.5) is 16.0 Å². The van der Waals surface area contributed by atoms with E-state index in [1.807, 2.05) is 11.0 Å². The smallest absolute Gasteiger partial charge is 0.229 e. The highest BCUT2D eigenvalue weighted by molar-refractivity contribution is 5.92. The Balaban J connectivity index is 1.39. The van der Waals surface area contributed by atoms with Crippen molar-refractivity contribution in [2.75, 3.05) is 29.9 Å². The minimum absolute atomic E-state index is 0.0494. The van der Waals surface area contributed by atoms with Crippen LogP contribution in [0.1, 0.15) is 12.8 Å². The average molecular weight is 357 g/mol. The average Bonchev–Trinajstić information content (AvgIpc) is 2.68. The zero-order valence-electron chi connectivity index (χ0n) is 14.2. The van der Waals surface area contributed by atoms with Crippen LogP contribution in [-0.2, 0) is 9.53 Å². The first-order valence-electron chi connectivity index (χ1n) is 8.74. The lowest BCUT2D eigenvalue weighted by Crippen LogP contribution is -2.50. The van der Waals surface area contributed by atoms with Gasteiger partial charge in [-0.25, -0.2) is 14.4 Å². The van der Waals surface area contributed by atoms with E-state index in [2.05, 4.69) is 20.3 Å². The van der Waals surface area contributed by atoms with Crippen molar-refractivity contribution in [3.05, 3.63) is 42.7 Å². The van der Waals surface area contributed by atoms with Crippen molar-refractivity contribution in [1.29, 1.82) is 0 Å². The summed E-state index contributed by atoms with van der Waals surface area (Å²) in [6.45, 7) is 1.90. The number of carbonyl (C=O) groups excluding carboxylic acids is 1. The predicted octanol–water partition coefficient (Wildman–Crippen LogP) is 1.88. The minimum atomic E-state index is -0.447. The molecule has 136 valence electrons. The Bertz CT molecular complexity index is 758. The van der Waals surface area contributed by atoms with Crippen LogP contribution < -0.4 is 10.2 Å². The lowest BCUT2D eigenvalue weighted by Gasteiger charge is -2.43. The van der Waals surface area contributed by atoms with Gasteiger partial charge in [0.25, 0.3) is 0 Å². The highest BCUT2D eigenvalue weighted by Gasteiger charge is 2.38. The third-order valence-electron chi connectivity index (χ3n) is 4.95. The molecule has 0 bridgehead atoms. The lowest BCUT2D eigenvalue weighted by molar-refractivity contribution is -0.130. The molecule has 0 saturated carbocycles. The molecule has 4 rings (SSSR count). The Kier molecular flexibility index (Phi) is 4.75. The van der Waals surface area contributed by atoms with E-state index >= 15 is 0 Å². The number of rotatable bonds is 3. The fourth-order valence-corrected chi connectivity index (χ4v) is 3.64. The van der Waals surface area contributed by atoms with E-state index in [0.717, 1.165) is 19.4 Å². The van der Waals surface area contributed by atoms with Crippen LogP contribution in [0.3, 0.4) is 0 Å². The highest BCUT2D eigenvalue weighted by Crippen LogP contribution is 2.33. The molecule has 2 aliphatic heterocycles. The molecule has 1 amide bonds. The second-order valence-electron chi connectivity index (χ2n) is 6.73. The van der Waals surface area contributed by atoms with Crippen molar-refractivity contribution in [3.63, 3.8) is 0 Å². The molecular formula is C18H20FN5O2. The second kappa shape index (κ2) is 7.33. The Morgan fingerprint density at radius 1 is 1.31 bits per heavy atom. The van der Waals surface area contributed by atoms with Crippen LogP contribution in [0.5, 0.6) is 0 Å². The van der Waals surface area contributed by atoms with Gasteiger partial charge in [0.1, 0.15) is 0 Å². The van der Waals surface area contributed by atoms with Gasteiger partial charge in [0, 0.05) is 25.2 Å². The molecule has 26 heavy (non-hydrogen) atoms. The summed E-state index contributed by atoms with van der Waals surface area (Å²) in [6.07, 6.45) is 7.38. The van der Waals surface area contributed by atoms with Crippen LogP contribution in [0, 0.1) is 17.7 Å². The summed E-state index contributed by atoms with van der Waals surface area (Å²) in [6, 6.07) is 3.59. The second-order valence-corrected chi connectivity index (χ2v) is 6.73. The molecule has 0 spiro atoms. The molecule has 2 aliphatic rings. The van der Waals surface area contributed by atoms with Gasteiger partial charge in [-0.05, 0) is 25.0 Å². The van der Waals surface area contributed by atoms with Gasteiger partial charge in [-0.15, -0.1) is 0 Å². The van der Waals surface area contributed by atoms with Crippen molar-refractivity contribution in [3.8, 4) is 0 Å². The highest BCUT2D eigenvalue weighted by atomic mass is 19.1. The molecular weight excluding hydrogens is 337 g/mol. The van der Waals surface area contributed by atoms with Crippen LogP contribution in [-0.4, -0.2) is 46.7 Å². The van der Waals surface area contributed by atoms with Gasteiger partial charge in [-0.3, -0.25) is 9.78 Å². The lowest BCUT2D eigenvalue weighted by atomic mass is 9.83. The zero-order chi connectivity index (χ0) is 17.9. The zero-order valence-corrected chi connectivity index (χ0v) is 14.2. The van der Waals surface area contributed by atoms with E-state index in [1.54, 1.807) is 18.5 Å².